The van der Waals surface area contributed by atoms with Crippen molar-refractivity contribution in [3.05, 3.63) is 36.3 Å². The van der Waals surface area contributed by atoms with E-state index in [2.05, 4.69) is 33.6 Å². The summed E-state index contributed by atoms with van der Waals surface area (Å²) in [6, 6.07) is 3.74. The molecule has 0 spiro atoms. The average molecular weight is 392 g/mol. The van der Waals surface area contributed by atoms with E-state index < -0.39 is 10.0 Å². The van der Waals surface area contributed by atoms with Gasteiger partial charge in [-0.05, 0) is 55.8 Å². The van der Waals surface area contributed by atoms with Gasteiger partial charge in [-0.15, -0.1) is 0 Å². The lowest BCUT2D eigenvalue weighted by Gasteiger charge is -2.34. The van der Waals surface area contributed by atoms with E-state index in [4.69, 9.17) is 0 Å². The molecule has 27 heavy (non-hydrogen) atoms. The molecule has 0 aliphatic carbocycles. The zero-order chi connectivity index (χ0) is 19.4. The van der Waals surface area contributed by atoms with Crippen LogP contribution < -0.4 is 4.72 Å². The second-order valence-corrected chi connectivity index (χ2v) is 9.54. The standard InChI is InChI=1S/C19H29N5O2S/c1-15-5-7-20-19(10-15)24-14-18(11-21-24)27(25,26)22-6-4-8-23-12-16(2)9-17(3)13-23/h5,7,10-11,14,16-17,22H,4,6,8-9,12-13H2,1-3H3/t16-,17-/m1/s1. The molecule has 0 amide bonds. The van der Waals surface area contributed by atoms with Crippen LogP contribution in [0.25, 0.3) is 5.82 Å². The van der Waals surface area contributed by atoms with Crippen molar-refractivity contribution in [3.63, 3.8) is 0 Å². The first kappa shape index (κ1) is 20.0. The number of sulfonamides is 1. The topological polar surface area (TPSA) is 80.1 Å². The summed E-state index contributed by atoms with van der Waals surface area (Å²) in [6.45, 7) is 10.1. The van der Waals surface area contributed by atoms with Crippen molar-refractivity contribution in [1.82, 2.24) is 24.4 Å². The first-order chi connectivity index (χ1) is 12.8. The van der Waals surface area contributed by atoms with Crippen LogP contribution in [0.1, 0.15) is 32.3 Å². The minimum Gasteiger partial charge on any atom is -0.303 e. The number of pyridine rings is 1. The van der Waals surface area contributed by atoms with Gasteiger partial charge in [-0.25, -0.2) is 22.8 Å². The van der Waals surface area contributed by atoms with Gasteiger partial charge in [0.05, 0.1) is 12.4 Å². The van der Waals surface area contributed by atoms with Crippen molar-refractivity contribution in [3.8, 4) is 5.82 Å². The molecule has 1 aliphatic rings. The maximum Gasteiger partial charge on any atom is 0.243 e. The number of nitrogens with zero attached hydrogens (tertiary/aromatic N) is 4. The molecule has 0 aromatic carbocycles. The summed E-state index contributed by atoms with van der Waals surface area (Å²) in [5, 5.41) is 4.14. The van der Waals surface area contributed by atoms with E-state index in [0.29, 0.717) is 24.2 Å². The third kappa shape index (κ3) is 5.37. The van der Waals surface area contributed by atoms with Crippen molar-refractivity contribution in [1.29, 1.82) is 0 Å². The Labute approximate surface area is 161 Å². The number of nitrogens with one attached hydrogen (secondary N) is 1. The first-order valence-corrected chi connectivity index (χ1v) is 11.0. The zero-order valence-electron chi connectivity index (χ0n) is 16.3. The van der Waals surface area contributed by atoms with E-state index in [9.17, 15) is 8.42 Å². The number of likely N-dealkylation sites (tertiary alicyclic amines) is 1. The minimum absolute atomic E-state index is 0.158. The van der Waals surface area contributed by atoms with Crippen molar-refractivity contribution in [2.24, 2.45) is 11.8 Å². The van der Waals surface area contributed by atoms with Gasteiger partial charge in [-0.1, -0.05) is 13.8 Å². The minimum atomic E-state index is -3.56. The molecule has 0 saturated carbocycles. The van der Waals surface area contributed by atoms with Crippen LogP contribution in [0.5, 0.6) is 0 Å². The Morgan fingerprint density at radius 1 is 1.26 bits per heavy atom. The molecule has 1 fully saturated rings. The van der Waals surface area contributed by atoms with E-state index in [1.54, 1.807) is 6.20 Å². The molecule has 1 N–H and O–H groups in total. The van der Waals surface area contributed by atoms with Gasteiger partial charge in [0.1, 0.15) is 4.90 Å². The number of hydrogen-bond donors (Lipinski definition) is 1. The molecule has 0 unspecified atom stereocenters. The lowest BCUT2D eigenvalue weighted by Crippen LogP contribution is -2.40. The van der Waals surface area contributed by atoms with E-state index in [1.165, 1.54) is 23.5 Å². The number of rotatable bonds is 7. The van der Waals surface area contributed by atoms with Gasteiger partial charge in [-0.3, -0.25) is 0 Å². The van der Waals surface area contributed by atoms with Crippen LogP contribution in [0.2, 0.25) is 0 Å². The van der Waals surface area contributed by atoms with Gasteiger partial charge >= 0.3 is 0 Å². The molecule has 2 aromatic rings. The molecule has 2 aromatic heterocycles. The first-order valence-electron chi connectivity index (χ1n) is 9.53. The van der Waals surface area contributed by atoms with Gasteiger partial charge in [0.15, 0.2) is 5.82 Å². The SMILES string of the molecule is Cc1ccnc(-n2cc(S(=O)(=O)NCCCN3C[C@H](C)C[C@@H](C)C3)cn2)c1. The zero-order valence-corrected chi connectivity index (χ0v) is 17.1. The number of aryl methyl sites for hydroxylation is 1. The Hall–Kier alpha value is -1.77. The Kier molecular flexibility index (Phi) is 6.29. The second-order valence-electron chi connectivity index (χ2n) is 7.77. The lowest BCUT2D eigenvalue weighted by atomic mass is 9.92. The Morgan fingerprint density at radius 2 is 2.00 bits per heavy atom. The smallest absolute Gasteiger partial charge is 0.243 e. The molecule has 1 saturated heterocycles. The molecule has 1 aliphatic heterocycles. The maximum absolute atomic E-state index is 12.5. The number of aromatic nitrogens is 3. The van der Waals surface area contributed by atoms with E-state index in [-0.39, 0.29) is 4.90 Å². The molecular weight excluding hydrogens is 362 g/mol. The van der Waals surface area contributed by atoms with Gasteiger partial charge in [0.2, 0.25) is 10.0 Å². The van der Waals surface area contributed by atoms with Crippen molar-refractivity contribution < 1.29 is 8.42 Å². The van der Waals surface area contributed by atoms with Gasteiger partial charge < -0.3 is 4.90 Å². The van der Waals surface area contributed by atoms with Crippen LogP contribution in [-0.4, -0.2) is 54.3 Å². The van der Waals surface area contributed by atoms with Gasteiger partial charge in [0, 0.05) is 25.8 Å². The molecule has 0 bridgehead atoms. The van der Waals surface area contributed by atoms with Crippen LogP contribution >= 0.6 is 0 Å². The molecule has 7 nitrogen and oxygen atoms in total. The monoisotopic (exact) mass is 391 g/mol. The second kappa shape index (κ2) is 8.50. The summed E-state index contributed by atoms with van der Waals surface area (Å²) >= 11 is 0. The quantitative estimate of drug-likeness (QED) is 0.732. The third-order valence-electron chi connectivity index (χ3n) is 4.89. The predicted octanol–water partition coefficient (Wildman–Crippen LogP) is 2.22. The number of hydrogen-bond acceptors (Lipinski definition) is 5. The highest BCUT2D eigenvalue weighted by Gasteiger charge is 2.21. The third-order valence-corrected chi connectivity index (χ3v) is 6.31. The van der Waals surface area contributed by atoms with Crippen molar-refractivity contribution >= 4 is 10.0 Å². The Morgan fingerprint density at radius 3 is 2.70 bits per heavy atom. The summed E-state index contributed by atoms with van der Waals surface area (Å²) < 4.78 is 29.2. The predicted molar refractivity (Wildman–Crippen MR) is 105 cm³/mol. The summed E-state index contributed by atoms with van der Waals surface area (Å²) in [5.41, 5.74) is 1.04. The fourth-order valence-electron chi connectivity index (χ4n) is 3.78. The number of piperidine rings is 1. The highest BCUT2D eigenvalue weighted by molar-refractivity contribution is 7.89. The summed E-state index contributed by atoms with van der Waals surface area (Å²) in [5.74, 6) is 2.03. The van der Waals surface area contributed by atoms with Crippen LogP contribution in [0, 0.1) is 18.8 Å². The summed E-state index contributed by atoms with van der Waals surface area (Å²) in [7, 11) is -3.56. The molecule has 2 atom stereocenters. The van der Waals surface area contributed by atoms with Crippen molar-refractivity contribution in [2.45, 2.75) is 38.5 Å². The fourth-order valence-corrected chi connectivity index (χ4v) is 4.79. The molecule has 0 radical (unpaired) electrons. The fraction of sp³-hybridized carbons (Fsp3) is 0.579. The Balaban J connectivity index is 1.53. The maximum atomic E-state index is 12.5. The molecular formula is C19H29N5O2S. The van der Waals surface area contributed by atoms with E-state index in [0.717, 1.165) is 31.6 Å². The normalized spacial score (nSPS) is 21.4. The highest BCUT2D eigenvalue weighted by Crippen LogP contribution is 2.20. The Bertz CT molecular complexity index is 854. The van der Waals surface area contributed by atoms with Crippen LogP contribution in [0.4, 0.5) is 0 Å². The molecule has 3 heterocycles. The van der Waals surface area contributed by atoms with E-state index >= 15 is 0 Å². The van der Waals surface area contributed by atoms with Gasteiger partial charge in [-0.2, -0.15) is 5.10 Å². The van der Waals surface area contributed by atoms with Crippen LogP contribution in [0.3, 0.4) is 0 Å². The van der Waals surface area contributed by atoms with E-state index in [1.807, 2.05) is 19.1 Å². The van der Waals surface area contributed by atoms with Crippen LogP contribution in [-0.2, 0) is 10.0 Å². The average Bonchev–Trinajstić information content (AvgIpc) is 3.09. The van der Waals surface area contributed by atoms with Crippen LogP contribution in [0.15, 0.2) is 35.6 Å². The summed E-state index contributed by atoms with van der Waals surface area (Å²) in [4.78, 5) is 6.82. The van der Waals surface area contributed by atoms with Crippen molar-refractivity contribution in [2.75, 3.05) is 26.2 Å². The highest BCUT2D eigenvalue weighted by atomic mass is 32.2. The summed E-state index contributed by atoms with van der Waals surface area (Å²) in [6.07, 6.45) is 6.62. The lowest BCUT2D eigenvalue weighted by molar-refractivity contribution is 0.140. The molecule has 148 valence electrons. The van der Waals surface area contributed by atoms with Gasteiger partial charge in [0.25, 0.3) is 0 Å². The largest absolute Gasteiger partial charge is 0.303 e. The molecule has 3 rings (SSSR count). The molecule has 8 heteroatoms.